The van der Waals surface area contributed by atoms with E-state index in [1.807, 2.05) is 0 Å². The molecule has 0 spiro atoms. The lowest BCUT2D eigenvalue weighted by Gasteiger charge is -2.53. The monoisotopic (exact) mass is 995 g/mol. The molecule has 75 heavy (non-hydrogen) atoms. The number of nitrogens with zero attached hydrogens (tertiary/aromatic N) is 3. The zero-order chi connectivity index (χ0) is 55.6. The molecular weight excluding hydrogens is 910 g/mol. The Bertz CT molecular complexity index is 3720. The Kier molecular flexibility index (Phi) is 9.41. The molecule has 7 aromatic rings. The highest BCUT2D eigenvalue weighted by Crippen LogP contribution is 2.65. The smallest absolute Gasteiger partial charge is 0.257 e. The second-order valence-electron chi connectivity index (χ2n) is 29.0. The van der Waals surface area contributed by atoms with Crippen LogP contribution in [0.15, 0.2) is 114 Å². The minimum Gasteiger partial charge on any atom is -0.440 e. The zero-order valence-corrected chi connectivity index (χ0v) is 48.1. The van der Waals surface area contributed by atoms with E-state index < -0.39 is 16.4 Å². The van der Waals surface area contributed by atoms with Crippen molar-refractivity contribution < 1.29 is 8.53 Å². The summed E-state index contributed by atoms with van der Waals surface area (Å²) in [4.78, 5) is 7.87. The minimum atomic E-state index is -0.493. The Labute approximate surface area is 454 Å². The van der Waals surface area contributed by atoms with Crippen LogP contribution < -0.4 is 31.1 Å². The Balaban J connectivity index is 1.23. The Morgan fingerprint density at radius 2 is 1.11 bits per heavy atom. The molecule has 6 aromatic carbocycles. The van der Waals surface area contributed by atoms with E-state index in [-0.39, 0.29) is 46.0 Å². The SMILES string of the molecule is [2H]c1c([2H])c(C(C)(C)C)c([2H])c2c1N(c1cc3c4c(c1)N1c5c(cc(C(C)(C)C)cc5C5(C)CCCCC15C)B4c1c(oc4ccc(C(C)(C)C)cc14)N3c1ccc(C(C)(C)C)cc1-c1ccccc1)C1(C)CCCCC21C. The van der Waals surface area contributed by atoms with Gasteiger partial charge < -0.3 is 14.2 Å². The normalized spacial score (nSPS) is 25.3. The van der Waals surface area contributed by atoms with Crippen molar-refractivity contribution in [3.63, 3.8) is 0 Å². The van der Waals surface area contributed by atoms with Crippen molar-refractivity contribution in [3.05, 3.63) is 143 Å². The van der Waals surface area contributed by atoms with E-state index >= 15 is 0 Å². The van der Waals surface area contributed by atoms with Crippen LogP contribution in [0.2, 0.25) is 0 Å². The first-order valence-electron chi connectivity index (χ1n) is 30.1. The molecule has 4 atom stereocenters. The van der Waals surface area contributed by atoms with Gasteiger partial charge in [-0.05, 0) is 154 Å². The van der Waals surface area contributed by atoms with E-state index in [0.29, 0.717) is 11.6 Å². The summed E-state index contributed by atoms with van der Waals surface area (Å²) in [7, 11) is 0. The predicted molar refractivity (Wildman–Crippen MR) is 321 cm³/mol. The highest BCUT2D eigenvalue weighted by atomic mass is 16.4. The Morgan fingerprint density at radius 3 is 1.76 bits per heavy atom. The Hall–Kier alpha value is -5.68. The van der Waals surface area contributed by atoms with Crippen LogP contribution in [-0.2, 0) is 32.5 Å². The van der Waals surface area contributed by atoms with Gasteiger partial charge in [-0.25, -0.2) is 0 Å². The molecule has 5 heteroatoms. The second kappa shape index (κ2) is 15.5. The summed E-state index contributed by atoms with van der Waals surface area (Å²) in [6.07, 6.45) is 8.47. The molecule has 386 valence electrons. The Morgan fingerprint density at radius 1 is 0.520 bits per heavy atom. The third kappa shape index (κ3) is 6.60. The quantitative estimate of drug-likeness (QED) is 0.165. The van der Waals surface area contributed by atoms with E-state index in [1.165, 1.54) is 56.4 Å². The highest BCUT2D eigenvalue weighted by molar-refractivity contribution is 7.01. The fourth-order valence-corrected chi connectivity index (χ4v) is 15.4. The molecule has 4 aliphatic heterocycles. The van der Waals surface area contributed by atoms with Gasteiger partial charge in [0.1, 0.15) is 5.58 Å². The molecule has 5 heterocycles. The fraction of sp³-hybridized carbons (Fsp3) is 0.457. The van der Waals surface area contributed by atoms with E-state index in [2.05, 4.69) is 216 Å². The first-order valence-corrected chi connectivity index (χ1v) is 28.6. The second-order valence-corrected chi connectivity index (χ2v) is 29.0. The van der Waals surface area contributed by atoms with Crippen molar-refractivity contribution in [2.45, 2.75) is 206 Å². The lowest BCUT2D eigenvalue weighted by molar-refractivity contribution is 0.194. The molecule has 0 amide bonds. The summed E-state index contributed by atoms with van der Waals surface area (Å²) in [5.74, 6) is 0.849. The first-order chi connectivity index (χ1) is 36.5. The van der Waals surface area contributed by atoms with Crippen LogP contribution in [-0.4, -0.2) is 17.8 Å². The minimum absolute atomic E-state index is 0.0957. The molecule has 6 aliphatic rings. The summed E-state index contributed by atoms with van der Waals surface area (Å²) in [5.41, 5.74) is 18.5. The fourth-order valence-electron chi connectivity index (χ4n) is 15.4. The molecule has 4 nitrogen and oxygen atoms in total. The summed E-state index contributed by atoms with van der Waals surface area (Å²) < 4.78 is 38.1. The molecule has 0 saturated heterocycles. The van der Waals surface area contributed by atoms with Gasteiger partial charge in [-0.2, -0.15) is 0 Å². The summed E-state index contributed by atoms with van der Waals surface area (Å²) >= 11 is 0. The lowest BCUT2D eigenvalue weighted by Crippen LogP contribution is -2.64. The van der Waals surface area contributed by atoms with Crippen molar-refractivity contribution >= 4 is 74.1 Å². The molecule has 0 bridgehead atoms. The predicted octanol–water partition coefficient (Wildman–Crippen LogP) is 17.4. The van der Waals surface area contributed by atoms with E-state index in [4.69, 9.17) is 4.42 Å². The van der Waals surface area contributed by atoms with Crippen LogP contribution in [0.1, 0.15) is 200 Å². The zero-order valence-electron chi connectivity index (χ0n) is 51.1. The summed E-state index contributed by atoms with van der Waals surface area (Å²) in [5, 5.41) is 1.16. The average molecular weight is 995 g/mol. The van der Waals surface area contributed by atoms with Crippen LogP contribution in [0.25, 0.3) is 22.1 Å². The van der Waals surface area contributed by atoms with Gasteiger partial charge in [0.2, 0.25) is 5.88 Å². The van der Waals surface area contributed by atoms with Crippen molar-refractivity contribution in [1.29, 1.82) is 0 Å². The van der Waals surface area contributed by atoms with Crippen molar-refractivity contribution in [3.8, 4) is 11.1 Å². The van der Waals surface area contributed by atoms with Gasteiger partial charge in [-0.1, -0.05) is 189 Å². The maximum Gasteiger partial charge on any atom is 0.257 e. The standard InChI is InChI=1S/C70H82BN3O/c1-63(2,3)44-26-29-54(49(36-44)43-24-18-17-19-25-43)72-56-41-48(73-55-30-27-46(65(7,8)9)38-51(55)67(13)32-20-22-34-69(67,73)15)42-57-60(56)71(59-50-37-45(64(4,5)6)28-31-58(50)75-62(59)72)53-40-47(66(10,11)12)39-52-61(53)74(57)70(16)35-23-21-33-68(52,70)14/h17-19,24-31,36-42H,20-23,32-35H2,1-16H3/i27D,30D,38D. The number of hydrogen-bond acceptors (Lipinski definition) is 4. The summed E-state index contributed by atoms with van der Waals surface area (Å²) in [6, 6.07) is 36.1. The summed E-state index contributed by atoms with van der Waals surface area (Å²) in [6.45, 7) is 37.2. The third-order valence-corrected chi connectivity index (χ3v) is 20.4. The number of benzene rings is 6. The lowest BCUT2D eigenvalue weighted by atomic mass is 9.33. The van der Waals surface area contributed by atoms with Gasteiger partial charge in [-0.15, -0.1) is 0 Å². The van der Waals surface area contributed by atoms with Gasteiger partial charge >= 0.3 is 0 Å². The molecule has 13 rings (SSSR count). The van der Waals surface area contributed by atoms with Gasteiger partial charge in [-0.3, -0.25) is 4.90 Å². The van der Waals surface area contributed by atoms with E-state index in [0.717, 1.165) is 101 Å². The molecule has 2 aliphatic carbocycles. The van der Waals surface area contributed by atoms with Gasteiger partial charge in [0, 0.05) is 55.7 Å². The van der Waals surface area contributed by atoms with Crippen LogP contribution in [0.3, 0.4) is 0 Å². The topological polar surface area (TPSA) is 22.9 Å². The van der Waals surface area contributed by atoms with E-state index in [9.17, 15) is 4.11 Å². The van der Waals surface area contributed by atoms with Crippen molar-refractivity contribution in [1.82, 2.24) is 0 Å². The molecule has 4 unspecified atom stereocenters. The van der Waals surface area contributed by atoms with E-state index in [1.54, 1.807) is 0 Å². The molecule has 0 N–H and O–H groups in total. The molecule has 1 aromatic heterocycles. The number of rotatable bonds is 3. The van der Waals surface area contributed by atoms with Crippen molar-refractivity contribution in [2.75, 3.05) is 14.7 Å². The molecule has 0 radical (unpaired) electrons. The number of fused-ring (bicyclic) bond motifs is 12. The number of anilines is 7. The average Bonchev–Trinajstić information content (AvgIpc) is 3.92. The van der Waals surface area contributed by atoms with Crippen LogP contribution in [0.4, 0.5) is 40.0 Å². The van der Waals surface area contributed by atoms with Crippen molar-refractivity contribution in [2.24, 2.45) is 0 Å². The largest absolute Gasteiger partial charge is 0.440 e. The molecular formula is C70H82BN3O. The first kappa shape index (κ1) is 45.5. The van der Waals surface area contributed by atoms with Gasteiger partial charge in [0.05, 0.1) is 20.9 Å². The van der Waals surface area contributed by atoms with Crippen LogP contribution in [0.5, 0.6) is 0 Å². The molecule has 2 saturated carbocycles. The molecule has 2 fully saturated rings. The highest BCUT2D eigenvalue weighted by Gasteiger charge is 2.63. The third-order valence-electron chi connectivity index (χ3n) is 20.4. The number of furan rings is 1. The maximum absolute atomic E-state index is 10.3. The maximum atomic E-state index is 10.3. The van der Waals surface area contributed by atoms with Crippen LogP contribution in [0, 0.1) is 0 Å². The van der Waals surface area contributed by atoms with Gasteiger partial charge in [0.25, 0.3) is 6.71 Å². The number of hydrogen-bond donors (Lipinski definition) is 0. The van der Waals surface area contributed by atoms with Gasteiger partial charge in [0.15, 0.2) is 0 Å². The van der Waals surface area contributed by atoms with Crippen LogP contribution >= 0.6 is 0 Å².